The van der Waals surface area contributed by atoms with E-state index >= 15 is 0 Å². The summed E-state index contributed by atoms with van der Waals surface area (Å²) in [6, 6.07) is 33.5. The maximum atomic E-state index is 13.7. The summed E-state index contributed by atoms with van der Waals surface area (Å²) in [5.41, 5.74) is 6.60. The minimum absolute atomic E-state index is 0.249. The molecule has 0 spiro atoms. The zero-order valence-electron chi connectivity index (χ0n) is 18.0. The summed E-state index contributed by atoms with van der Waals surface area (Å²) in [6.07, 6.45) is 0.659. The van der Waals surface area contributed by atoms with E-state index in [9.17, 15) is 8.42 Å². The van der Waals surface area contributed by atoms with Gasteiger partial charge >= 0.3 is 0 Å². The van der Waals surface area contributed by atoms with Crippen LogP contribution in [-0.4, -0.2) is 12.7 Å². The van der Waals surface area contributed by atoms with Gasteiger partial charge in [0.2, 0.25) is 10.0 Å². The molecule has 1 unspecified atom stereocenters. The zero-order chi connectivity index (χ0) is 22.1. The lowest BCUT2D eigenvalue weighted by molar-refractivity contribution is 0.296. The quantitative estimate of drug-likeness (QED) is 0.382. The van der Waals surface area contributed by atoms with Crippen molar-refractivity contribution in [1.29, 1.82) is 0 Å². The molecule has 1 aliphatic rings. The first-order valence-corrected chi connectivity index (χ1v) is 12.3. The van der Waals surface area contributed by atoms with E-state index in [1.165, 1.54) is 5.56 Å². The minimum Gasteiger partial charge on any atom is -0.207 e. The maximum Gasteiger partial charge on any atom is 0.243 e. The van der Waals surface area contributed by atoms with Gasteiger partial charge in [-0.2, -0.15) is 4.31 Å². The Bertz CT molecular complexity index is 1330. The second-order valence-corrected chi connectivity index (χ2v) is 10.2. The molecule has 0 saturated heterocycles. The van der Waals surface area contributed by atoms with Crippen molar-refractivity contribution in [3.8, 4) is 11.1 Å². The van der Waals surface area contributed by atoms with Crippen molar-refractivity contribution in [2.45, 2.75) is 30.8 Å². The van der Waals surface area contributed by atoms with Crippen molar-refractivity contribution >= 4 is 10.0 Å². The number of benzene rings is 4. The molecule has 0 radical (unpaired) electrons. The molecule has 160 valence electrons. The fourth-order valence-corrected chi connectivity index (χ4v) is 6.00. The van der Waals surface area contributed by atoms with Crippen molar-refractivity contribution in [1.82, 2.24) is 4.31 Å². The summed E-state index contributed by atoms with van der Waals surface area (Å²) < 4.78 is 29.1. The molecule has 0 aromatic heterocycles. The smallest absolute Gasteiger partial charge is 0.207 e. The topological polar surface area (TPSA) is 37.4 Å². The molecule has 4 heteroatoms. The largest absolute Gasteiger partial charge is 0.243 e. The highest BCUT2D eigenvalue weighted by atomic mass is 32.2. The molecule has 3 nitrogen and oxygen atoms in total. The van der Waals surface area contributed by atoms with Crippen LogP contribution in [0.2, 0.25) is 0 Å². The number of sulfonamides is 1. The Balaban J connectivity index is 1.56. The van der Waals surface area contributed by atoms with Gasteiger partial charge in [0.15, 0.2) is 0 Å². The van der Waals surface area contributed by atoms with Crippen LogP contribution in [0.5, 0.6) is 0 Å². The first kappa shape index (κ1) is 20.7. The molecule has 1 aliphatic heterocycles. The fourth-order valence-electron chi connectivity index (χ4n) is 4.41. The van der Waals surface area contributed by atoms with Crippen molar-refractivity contribution in [3.63, 3.8) is 0 Å². The minimum atomic E-state index is -3.65. The molecule has 32 heavy (non-hydrogen) atoms. The number of nitrogens with zero attached hydrogens (tertiary/aromatic N) is 1. The van der Waals surface area contributed by atoms with Crippen LogP contribution in [-0.2, 0) is 23.0 Å². The lowest BCUT2D eigenvalue weighted by atomic mass is 9.91. The summed E-state index contributed by atoms with van der Waals surface area (Å²) in [5.74, 6) is 0. The lowest BCUT2D eigenvalue weighted by Gasteiger charge is -2.36. The number of rotatable bonds is 4. The highest BCUT2D eigenvalue weighted by molar-refractivity contribution is 7.89. The third-order valence-electron chi connectivity index (χ3n) is 6.24. The molecule has 0 saturated carbocycles. The molecular formula is C28H25NO2S. The molecule has 5 rings (SSSR count). The van der Waals surface area contributed by atoms with Gasteiger partial charge in [0.05, 0.1) is 10.9 Å². The molecule has 1 heterocycles. The van der Waals surface area contributed by atoms with Gasteiger partial charge in [-0.15, -0.1) is 0 Å². The van der Waals surface area contributed by atoms with Gasteiger partial charge in [-0.25, -0.2) is 8.42 Å². The van der Waals surface area contributed by atoms with Crippen LogP contribution in [0, 0.1) is 6.92 Å². The number of fused-ring (bicyclic) bond motifs is 1. The summed E-state index contributed by atoms with van der Waals surface area (Å²) in [6.45, 7) is 2.34. The lowest BCUT2D eigenvalue weighted by Crippen LogP contribution is -2.38. The normalized spacial score (nSPS) is 16.5. The highest BCUT2D eigenvalue weighted by Crippen LogP contribution is 2.38. The van der Waals surface area contributed by atoms with E-state index in [1.54, 1.807) is 16.4 Å². The van der Waals surface area contributed by atoms with Crippen LogP contribution >= 0.6 is 0 Å². The zero-order valence-corrected chi connectivity index (χ0v) is 18.8. The van der Waals surface area contributed by atoms with Crippen LogP contribution in [0.3, 0.4) is 0 Å². The predicted molar refractivity (Wildman–Crippen MR) is 129 cm³/mol. The Labute approximate surface area is 190 Å². The van der Waals surface area contributed by atoms with Crippen LogP contribution in [0.4, 0.5) is 0 Å². The van der Waals surface area contributed by atoms with E-state index in [-0.39, 0.29) is 6.04 Å². The molecule has 1 atom stereocenters. The van der Waals surface area contributed by atoms with E-state index in [0.717, 1.165) is 27.8 Å². The first-order valence-electron chi connectivity index (χ1n) is 10.8. The average Bonchev–Trinajstić information content (AvgIpc) is 2.84. The molecule has 0 aliphatic carbocycles. The summed E-state index contributed by atoms with van der Waals surface area (Å²) in [7, 11) is -3.65. The van der Waals surface area contributed by atoms with E-state index in [0.29, 0.717) is 17.9 Å². The van der Waals surface area contributed by atoms with Crippen LogP contribution < -0.4 is 0 Å². The molecule has 0 N–H and O–H groups in total. The standard InChI is InChI=1S/C28H25NO2S/c1-21-11-17-27(18-12-21)32(30,31)29-20-26-10-6-5-9-25(26)19-28(29)24-15-13-23(14-16-24)22-7-3-2-4-8-22/h2-18,28H,19-20H2,1H3. The SMILES string of the molecule is Cc1ccc(S(=O)(=O)N2Cc3ccccc3CC2c2ccc(-c3ccccc3)cc2)cc1. The van der Waals surface area contributed by atoms with Gasteiger partial charge in [0.1, 0.15) is 0 Å². The summed E-state index contributed by atoms with van der Waals surface area (Å²) >= 11 is 0. The Morgan fingerprint density at radius 3 is 1.97 bits per heavy atom. The Kier molecular flexibility index (Phi) is 5.41. The van der Waals surface area contributed by atoms with Gasteiger partial charge in [-0.3, -0.25) is 0 Å². The Morgan fingerprint density at radius 2 is 1.28 bits per heavy atom. The van der Waals surface area contributed by atoms with Crippen LogP contribution in [0.1, 0.15) is 28.3 Å². The van der Waals surface area contributed by atoms with Crippen molar-refractivity contribution < 1.29 is 8.42 Å². The van der Waals surface area contributed by atoms with Gasteiger partial charge in [-0.1, -0.05) is 96.6 Å². The van der Waals surface area contributed by atoms with Crippen LogP contribution in [0.15, 0.2) is 108 Å². The average molecular weight is 440 g/mol. The van der Waals surface area contributed by atoms with E-state index in [1.807, 2.05) is 55.5 Å². The Hall–Kier alpha value is -3.21. The second kappa shape index (κ2) is 8.38. The van der Waals surface area contributed by atoms with Crippen molar-refractivity contribution in [2.24, 2.45) is 0 Å². The van der Waals surface area contributed by atoms with E-state index < -0.39 is 10.0 Å². The van der Waals surface area contributed by atoms with Gasteiger partial charge in [-0.05, 0) is 53.3 Å². The second-order valence-electron chi connectivity index (χ2n) is 8.34. The summed E-state index contributed by atoms with van der Waals surface area (Å²) in [5, 5.41) is 0. The van der Waals surface area contributed by atoms with E-state index in [2.05, 4.69) is 42.5 Å². The number of aryl methyl sites for hydroxylation is 1. The van der Waals surface area contributed by atoms with Gasteiger partial charge in [0, 0.05) is 6.54 Å². The molecular weight excluding hydrogens is 414 g/mol. The molecule has 4 aromatic carbocycles. The molecule has 0 bridgehead atoms. The molecule has 4 aromatic rings. The first-order chi connectivity index (χ1) is 15.5. The highest BCUT2D eigenvalue weighted by Gasteiger charge is 2.36. The number of hydrogen-bond acceptors (Lipinski definition) is 2. The maximum absolute atomic E-state index is 13.7. The fraction of sp³-hybridized carbons (Fsp3) is 0.143. The molecule has 0 fully saturated rings. The monoisotopic (exact) mass is 439 g/mol. The molecule has 0 amide bonds. The van der Waals surface area contributed by atoms with Crippen molar-refractivity contribution in [2.75, 3.05) is 0 Å². The summed E-state index contributed by atoms with van der Waals surface area (Å²) in [4.78, 5) is 0.341. The Morgan fingerprint density at radius 1 is 0.688 bits per heavy atom. The van der Waals surface area contributed by atoms with E-state index in [4.69, 9.17) is 0 Å². The third-order valence-corrected chi connectivity index (χ3v) is 8.10. The van der Waals surface area contributed by atoms with Gasteiger partial charge < -0.3 is 0 Å². The third kappa shape index (κ3) is 3.88. The van der Waals surface area contributed by atoms with Crippen LogP contribution in [0.25, 0.3) is 11.1 Å². The number of hydrogen-bond donors (Lipinski definition) is 0. The van der Waals surface area contributed by atoms with Crippen molar-refractivity contribution in [3.05, 3.63) is 125 Å². The predicted octanol–water partition coefficient (Wildman–Crippen LogP) is 6.15. The van der Waals surface area contributed by atoms with Gasteiger partial charge in [0.25, 0.3) is 0 Å².